The smallest absolute Gasteiger partial charge is 0.159 e. The summed E-state index contributed by atoms with van der Waals surface area (Å²) in [5, 5.41) is 0. The van der Waals surface area contributed by atoms with Crippen molar-refractivity contribution in [3.63, 3.8) is 0 Å². The molecule has 2 nitrogen and oxygen atoms in total. The van der Waals surface area contributed by atoms with E-state index in [1.807, 2.05) is 0 Å². The fourth-order valence-electron chi connectivity index (χ4n) is 1.75. The normalized spacial score (nSPS) is 26.2. The topological polar surface area (TPSA) is 52.0 Å². The van der Waals surface area contributed by atoms with E-state index in [2.05, 4.69) is 0 Å². The third-order valence-corrected chi connectivity index (χ3v) is 2.43. The molecule has 0 saturated heterocycles. The van der Waals surface area contributed by atoms with E-state index in [1.165, 1.54) is 0 Å². The molecule has 0 saturated carbocycles. The second-order valence-corrected chi connectivity index (χ2v) is 3.34. The summed E-state index contributed by atoms with van der Waals surface area (Å²) in [5.41, 5.74) is 12.6. The van der Waals surface area contributed by atoms with Crippen LogP contribution in [0.5, 0.6) is 0 Å². The number of hydrogen-bond acceptors (Lipinski definition) is 2. The molecule has 2 rings (SSSR count). The predicted molar refractivity (Wildman–Crippen MR) is 44.8 cm³/mol. The maximum absolute atomic E-state index is 12.8. The van der Waals surface area contributed by atoms with Crippen molar-refractivity contribution in [2.75, 3.05) is 0 Å². The van der Waals surface area contributed by atoms with Crippen LogP contribution < -0.4 is 11.5 Å². The summed E-state index contributed by atoms with van der Waals surface area (Å²) in [6, 6.07) is 1.75. The summed E-state index contributed by atoms with van der Waals surface area (Å²) in [5.74, 6) is -1.72. The van der Waals surface area contributed by atoms with E-state index in [0.717, 1.165) is 12.1 Å². The average molecular weight is 184 g/mol. The maximum atomic E-state index is 12.8. The summed E-state index contributed by atoms with van der Waals surface area (Å²) in [7, 11) is 0. The molecule has 13 heavy (non-hydrogen) atoms. The maximum Gasteiger partial charge on any atom is 0.159 e. The summed E-state index contributed by atoms with van der Waals surface area (Å²) < 4.78 is 25.6. The summed E-state index contributed by atoms with van der Waals surface area (Å²) >= 11 is 0. The van der Waals surface area contributed by atoms with E-state index >= 15 is 0 Å². The molecule has 0 bridgehead atoms. The summed E-state index contributed by atoms with van der Waals surface area (Å²) in [6.07, 6.45) is 0.554. The molecular formula is C9H10F2N2. The molecule has 1 aliphatic carbocycles. The molecule has 0 radical (unpaired) electrons. The number of halogens is 2. The van der Waals surface area contributed by atoms with Crippen LogP contribution in [0, 0.1) is 11.6 Å². The van der Waals surface area contributed by atoms with Crippen LogP contribution in [0.3, 0.4) is 0 Å². The van der Waals surface area contributed by atoms with Gasteiger partial charge in [-0.3, -0.25) is 0 Å². The molecule has 2 unspecified atom stereocenters. The first-order chi connectivity index (χ1) is 6.09. The second-order valence-electron chi connectivity index (χ2n) is 3.34. The van der Waals surface area contributed by atoms with E-state index in [9.17, 15) is 8.78 Å². The van der Waals surface area contributed by atoms with Crippen LogP contribution in [0.2, 0.25) is 0 Å². The number of rotatable bonds is 0. The van der Waals surface area contributed by atoms with Crippen molar-refractivity contribution in [3.8, 4) is 0 Å². The van der Waals surface area contributed by atoms with E-state index in [1.54, 1.807) is 0 Å². The molecule has 0 aromatic heterocycles. The molecule has 4 N–H and O–H groups in total. The van der Waals surface area contributed by atoms with Gasteiger partial charge in [0.05, 0.1) is 0 Å². The van der Waals surface area contributed by atoms with Crippen molar-refractivity contribution in [2.24, 2.45) is 11.5 Å². The second kappa shape index (κ2) is 2.75. The third kappa shape index (κ3) is 1.22. The van der Waals surface area contributed by atoms with E-state index in [4.69, 9.17) is 11.5 Å². The van der Waals surface area contributed by atoms with E-state index in [-0.39, 0.29) is 12.1 Å². The highest BCUT2D eigenvalue weighted by atomic mass is 19.2. The first-order valence-electron chi connectivity index (χ1n) is 4.09. The minimum Gasteiger partial charge on any atom is -0.324 e. The van der Waals surface area contributed by atoms with Crippen molar-refractivity contribution in [2.45, 2.75) is 18.5 Å². The van der Waals surface area contributed by atoms with Crippen molar-refractivity contribution in [1.29, 1.82) is 0 Å². The zero-order valence-electron chi connectivity index (χ0n) is 6.93. The Hall–Kier alpha value is -1.00. The van der Waals surface area contributed by atoms with Crippen LogP contribution in [0.1, 0.15) is 29.6 Å². The van der Waals surface area contributed by atoms with Gasteiger partial charge in [0.15, 0.2) is 11.6 Å². The molecule has 1 aromatic rings. The lowest BCUT2D eigenvalue weighted by molar-refractivity contribution is 0.505. The van der Waals surface area contributed by atoms with Crippen molar-refractivity contribution in [3.05, 3.63) is 34.9 Å². The fourth-order valence-corrected chi connectivity index (χ4v) is 1.75. The largest absolute Gasteiger partial charge is 0.324 e. The first-order valence-corrected chi connectivity index (χ1v) is 4.09. The number of nitrogens with two attached hydrogens (primary N) is 2. The van der Waals surface area contributed by atoms with Crippen molar-refractivity contribution >= 4 is 0 Å². The van der Waals surface area contributed by atoms with Gasteiger partial charge in [0.2, 0.25) is 0 Å². The van der Waals surface area contributed by atoms with Crippen LogP contribution in [0.15, 0.2) is 12.1 Å². The number of hydrogen-bond donors (Lipinski definition) is 2. The van der Waals surface area contributed by atoms with Gasteiger partial charge in [-0.25, -0.2) is 8.78 Å². The number of benzene rings is 1. The molecule has 0 amide bonds. The zero-order valence-corrected chi connectivity index (χ0v) is 6.93. The van der Waals surface area contributed by atoms with E-state index in [0.29, 0.717) is 17.5 Å². The highest BCUT2D eigenvalue weighted by Crippen LogP contribution is 2.36. The van der Waals surface area contributed by atoms with Gasteiger partial charge in [-0.1, -0.05) is 0 Å². The first kappa shape index (κ1) is 8.59. The summed E-state index contributed by atoms with van der Waals surface area (Å²) in [4.78, 5) is 0. The molecule has 4 heteroatoms. The molecule has 0 fully saturated rings. The van der Waals surface area contributed by atoms with Gasteiger partial charge in [-0.05, 0) is 29.7 Å². The third-order valence-electron chi connectivity index (χ3n) is 2.43. The van der Waals surface area contributed by atoms with Crippen LogP contribution in [-0.2, 0) is 0 Å². The van der Waals surface area contributed by atoms with Gasteiger partial charge in [0.1, 0.15) is 0 Å². The van der Waals surface area contributed by atoms with Crippen LogP contribution in [-0.4, -0.2) is 0 Å². The molecule has 2 atom stereocenters. The van der Waals surface area contributed by atoms with Crippen molar-refractivity contribution in [1.82, 2.24) is 0 Å². The molecule has 1 aliphatic rings. The van der Waals surface area contributed by atoms with Gasteiger partial charge < -0.3 is 11.5 Å². The Kier molecular flexibility index (Phi) is 1.82. The van der Waals surface area contributed by atoms with Crippen LogP contribution in [0.25, 0.3) is 0 Å². The SMILES string of the molecule is NC1CC(N)c2cc(F)c(F)cc21. The molecule has 0 aliphatic heterocycles. The predicted octanol–water partition coefficient (Wildman–Crippen LogP) is 1.37. The molecular weight excluding hydrogens is 174 g/mol. The number of fused-ring (bicyclic) bond motifs is 1. The highest BCUT2D eigenvalue weighted by Gasteiger charge is 2.27. The average Bonchev–Trinajstić information content (AvgIpc) is 2.31. The fraction of sp³-hybridized carbons (Fsp3) is 0.333. The lowest BCUT2D eigenvalue weighted by atomic mass is 10.1. The Morgan fingerprint density at radius 2 is 1.38 bits per heavy atom. The summed E-state index contributed by atoms with van der Waals surface area (Å²) in [6.45, 7) is 0. The molecule has 1 aromatic carbocycles. The van der Waals surface area contributed by atoms with Crippen LogP contribution in [0.4, 0.5) is 8.78 Å². The highest BCUT2D eigenvalue weighted by molar-refractivity contribution is 5.38. The van der Waals surface area contributed by atoms with Gasteiger partial charge in [0.25, 0.3) is 0 Å². The zero-order chi connectivity index (χ0) is 9.59. The quantitative estimate of drug-likeness (QED) is 0.639. The van der Waals surface area contributed by atoms with Crippen LogP contribution >= 0.6 is 0 Å². The minimum absolute atomic E-state index is 0.264. The Morgan fingerprint density at radius 3 is 1.77 bits per heavy atom. The standard InChI is InChI=1S/C9H10F2N2/c10-6-1-4-5(2-7(6)11)9(13)3-8(4)12/h1-2,8-9H,3,12-13H2. The Bertz CT molecular complexity index is 319. The monoisotopic (exact) mass is 184 g/mol. The minimum atomic E-state index is -0.858. The van der Waals surface area contributed by atoms with Gasteiger partial charge in [-0.15, -0.1) is 0 Å². The Labute approximate surface area is 74.5 Å². The van der Waals surface area contributed by atoms with Gasteiger partial charge >= 0.3 is 0 Å². The van der Waals surface area contributed by atoms with Gasteiger partial charge in [-0.2, -0.15) is 0 Å². The lowest BCUT2D eigenvalue weighted by Crippen LogP contribution is -2.08. The lowest BCUT2D eigenvalue weighted by Gasteiger charge is -2.04. The Balaban J connectivity index is 2.58. The Morgan fingerprint density at radius 1 is 1.00 bits per heavy atom. The van der Waals surface area contributed by atoms with Gasteiger partial charge in [0, 0.05) is 12.1 Å². The molecule has 0 heterocycles. The van der Waals surface area contributed by atoms with Crippen molar-refractivity contribution < 1.29 is 8.78 Å². The van der Waals surface area contributed by atoms with E-state index < -0.39 is 11.6 Å². The molecule has 0 spiro atoms. The molecule has 70 valence electrons.